The fourth-order valence-electron chi connectivity index (χ4n) is 2.46. The highest BCUT2D eigenvalue weighted by Gasteiger charge is 2.50. The number of benzene rings is 1. The molecule has 0 aliphatic carbocycles. The second-order valence-corrected chi connectivity index (χ2v) is 5.31. The molecule has 7 nitrogen and oxygen atoms in total. The van der Waals surface area contributed by atoms with E-state index >= 15 is 0 Å². The number of hydrogen-bond donors (Lipinski definition) is 1. The summed E-state index contributed by atoms with van der Waals surface area (Å²) in [5.74, 6) is -1.94. The van der Waals surface area contributed by atoms with Crippen LogP contribution in [0.2, 0.25) is 0 Å². The third kappa shape index (κ3) is 2.43. The minimum absolute atomic E-state index is 0.0785. The summed E-state index contributed by atoms with van der Waals surface area (Å²) in [7, 11) is 0. The van der Waals surface area contributed by atoms with Crippen molar-refractivity contribution in [2.24, 2.45) is 0 Å². The van der Waals surface area contributed by atoms with Crippen molar-refractivity contribution in [3.8, 4) is 0 Å². The zero-order valence-corrected chi connectivity index (χ0v) is 12.3. The number of carbonyl (C=O) groups is 2. The first-order valence-corrected chi connectivity index (χ1v) is 6.70. The van der Waals surface area contributed by atoms with E-state index in [1.54, 1.807) is 6.92 Å². The summed E-state index contributed by atoms with van der Waals surface area (Å²) in [6.07, 6.45) is 0. The lowest BCUT2D eigenvalue weighted by molar-refractivity contribution is -0.131. The number of halogens is 2. The third-order valence-electron chi connectivity index (χ3n) is 3.61. The van der Waals surface area contributed by atoms with E-state index < -0.39 is 29.1 Å². The Labute approximate surface area is 129 Å². The Balaban J connectivity index is 1.93. The topological polar surface area (TPSA) is 88.3 Å². The molecule has 1 aliphatic heterocycles. The minimum atomic E-state index is -1.63. The number of nitrogens with zero attached hydrogens (tertiary/aromatic N) is 3. The number of carbonyl (C=O) groups excluding carboxylic acids is 2. The van der Waals surface area contributed by atoms with E-state index in [4.69, 9.17) is 4.52 Å². The molecule has 120 valence electrons. The van der Waals surface area contributed by atoms with Crippen LogP contribution >= 0.6 is 0 Å². The van der Waals surface area contributed by atoms with Gasteiger partial charge in [-0.1, -0.05) is 11.2 Å². The molecule has 0 saturated carbocycles. The van der Waals surface area contributed by atoms with Crippen molar-refractivity contribution < 1.29 is 22.9 Å². The molecule has 1 fully saturated rings. The van der Waals surface area contributed by atoms with E-state index in [2.05, 4.69) is 15.5 Å². The molecular formula is C14H12F2N4O3. The Hall–Kier alpha value is -2.84. The molecule has 1 aromatic carbocycles. The van der Waals surface area contributed by atoms with E-state index in [1.165, 1.54) is 6.92 Å². The Kier molecular flexibility index (Phi) is 3.35. The van der Waals surface area contributed by atoms with Gasteiger partial charge in [0.25, 0.3) is 5.91 Å². The lowest BCUT2D eigenvalue weighted by atomic mass is 9.91. The number of imide groups is 1. The van der Waals surface area contributed by atoms with Gasteiger partial charge < -0.3 is 9.84 Å². The third-order valence-corrected chi connectivity index (χ3v) is 3.61. The van der Waals surface area contributed by atoms with Crippen LogP contribution in [0.4, 0.5) is 13.6 Å². The van der Waals surface area contributed by atoms with Crippen molar-refractivity contribution in [3.05, 3.63) is 47.1 Å². The largest absolute Gasteiger partial charge is 0.337 e. The van der Waals surface area contributed by atoms with Gasteiger partial charge in [-0.05, 0) is 19.9 Å². The van der Waals surface area contributed by atoms with E-state index in [0.717, 1.165) is 17.0 Å². The average Bonchev–Trinajstić information content (AvgIpc) is 2.96. The Morgan fingerprint density at radius 2 is 2.09 bits per heavy atom. The van der Waals surface area contributed by atoms with Gasteiger partial charge in [0.2, 0.25) is 5.89 Å². The quantitative estimate of drug-likeness (QED) is 0.868. The molecule has 3 rings (SSSR count). The van der Waals surface area contributed by atoms with Crippen LogP contribution in [0.3, 0.4) is 0 Å². The summed E-state index contributed by atoms with van der Waals surface area (Å²) in [6.45, 7) is 2.71. The maximum absolute atomic E-state index is 14.0. The highest BCUT2D eigenvalue weighted by Crippen LogP contribution is 2.31. The molecular weight excluding hydrogens is 310 g/mol. The van der Waals surface area contributed by atoms with E-state index in [-0.39, 0.29) is 18.0 Å². The molecule has 0 radical (unpaired) electrons. The molecule has 3 amide bonds. The van der Waals surface area contributed by atoms with Gasteiger partial charge >= 0.3 is 6.03 Å². The second-order valence-electron chi connectivity index (χ2n) is 5.31. The molecule has 9 heteroatoms. The summed E-state index contributed by atoms with van der Waals surface area (Å²) >= 11 is 0. The van der Waals surface area contributed by atoms with Crippen molar-refractivity contribution in [1.29, 1.82) is 0 Å². The van der Waals surface area contributed by atoms with Gasteiger partial charge in [0.15, 0.2) is 5.82 Å². The molecule has 1 N–H and O–H groups in total. The van der Waals surface area contributed by atoms with Crippen LogP contribution < -0.4 is 5.32 Å². The fourth-order valence-corrected chi connectivity index (χ4v) is 2.46. The molecule has 2 heterocycles. The molecule has 0 bridgehead atoms. The normalized spacial score (nSPS) is 21.0. The average molecular weight is 322 g/mol. The monoisotopic (exact) mass is 322 g/mol. The van der Waals surface area contributed by atoms with E-state index in [1.807, 2.05) is 0 Å². The predicted molar refractivity (Wildman–Crippen MR) is 71.8 cm³/mol. The summed E-state index contributed by atoms with van der Waals surface area (Å²) in [5, 5.41) is 5.99. The van der Waals surface area contributed by atoms with Crippen LogP contribution in [0.5, 0.6) is 0 Å². The van der Waals surface area contributed by atoms with Gasteiger partial charge in [-0.2, -0.15) is 4.98 Å². The van der Waals surface area contributed by atoms with Crippen molar-refractivity contribution in [1.82, 2.24) is 20.4 Å². The lowest BCUT2D eigenvalue weighted by Crippen LogP contribution is -2.41. The summed E-state index contributed by atoms with van der Waals surface area (Å²) in [6, 6.07) is 2.08. The molecule has 1 saturated heterocycles. The van der Waals surface area contributed by atoms with Gasteiger partial charge in [-0.3, -0.25) is 9.69 Å². The Morgan fingerprint density at radius 1 is 1.35 bits per heavy atom. The van der Waals surface area contributed by atoms with Crippen molar-refractivity contribution in [3.63, 3.8) is 0 Å². The molecule has 0 spiro atoms. The number of urea groups is 1. The standard InChI is InChI=1S/C14H12F2N4O3/c1-7-17-11(23-19-7)6-20-12(21)14(2,18-13(20)22)9-4-3-8(15)5-10(9)16/h3-5H,6H2,1-2H3,(H,18,22). The molecule has 1 aliphatic rings. The maximum Gasteiger partial charge on any atom is 0.325 e. The lowest BCUT2D eigenvalue weighted by Gasteiger charge is -2.22. The van der Waals surface area contributed by atoms with Crippen LogP contribution in [-0.2, 0) is 16.9 Å². The minimum Gasteiger partial charge on any atom is -0.337 e. The summed E-state index contributed by atoms with van der Waals surface area (Å²) in [5.41, 5.74) is -1.76. The smallest absolute Gasteiger partial charge is 0.325 e. The van der Waals surface area contributed by atoms with Gasteiger partial charge in [-0.15, -0.1) is 0 Å². The molecule has 1 unspecified atom stereocenters. The van der Waals surface area contributed by atoms with Gasteiger partial charge in [0, 0.05) is 11.6 Å². The van der Waals surface area contributed by atoms with Crippen molar-refractivity contribution >= 4 is 11.9 Å². The first-order valence-electron chi connectivity index (χ1n) is 6.70. The van der Waals surface area contributed by atoms with Crippen molar-refractivity contribution in [2.45, 2.75) is 25.9 Å². The zero-order chi connectivity index (χ0) is 16.8. The van der Waals surface area contributed by atoms with Crippen LogP contribution in [0.1, 0.15) is 24.2 Å². The van der Waals surface area contributed by atoms with Gasteiger partial charge in [0.1, 0.15) is 23.7 Å². The number of hydrogen-bond acceptors (Lipinski definition) is 5. The number of amides is 3. The molecule has 2 aromatic rings. The van der Waals surface area contributed by atoms with E-state index in [0.29, 0.717) is 11.9 Å². The van der Waals surface area contributed by atoms with Crippen LogP contribution in [0.25, 0.3) is 0 Å². The number of aryl methyl sites for hydroxylation is 1. The number of nitrogens with one attached hydrogen (secondary N) is 1. The van der Waals surface area contributed by atoms with Crippen LogP contribution in [0.15, 0.2) is 22.7 Å². The number of rotatable bonds is 3. The Bertz CT molecular complexity index is 807. The first kappa shape index (κ1) is 15.1. The zero-order valence-electron chi connectivity index (χ0n) is 12.3. The van der Waals surface area contributed by atoms with E-state index in [9.17, 15) is 18.4 Å². The van der Waals surface area contributed by atoms with Crippen LogP contribution in [0, 0.1) is 18.6 Å². The Morgan fingerprint density at radius 3 is 2.70 bits per heavy atom. The molecule has 23 heavy (non-hydrogen) atoms. The highest BCUT2D eigenvalue weighted by molar-refractivity contribution is 6.07. The fraction of sp³-hybridized carbons (Fsp3) is 0.286. The molecule has 1 atom stereocenters. The number of aromatic nitrogens is 2. The van der Waals surface area contributed by atoms with Gasteiger partial charge in [0.05, 0.1) is 0 Å². The van der Waals surface area contributed by atoms with Crippen LogP contribution in [-0.4, -0.2) is 27.0 Å². The highest BCUT2D eigenvalue weighted by atomic mass is 19.1. The second kappa shape index (κ2) is 5.11. The predicted octanol–water partition coefficient (Wildman–Crippen LogP) is 1.62. The summed E-state index contributed by atoms with van der Waals surface area (Å²) in [4.78, 5) is 29.4. The maximum atomic E-state index is 14.0. The first-order chi connectivity index (χ1) is 10.8. The van der Waals surface area contributed by atoms with Crippen molar-refractivity contribution in [2.75, 3.05) is 0 Å². The molecule has 1 aromatic heterocycles. The van der Waals surface area contributed by atoms with Gasteiger partial charge in [-0.25, -0.2) is 13.6 Å². The summed E-state index contributed by atoms with van der Waals surface area (Å²) < 4.78 is 31.9. The SMILES string of the molecule is Cc1noc(CN2C(=O)NC(C)(c3ccc(F)cc3F)C2=O)n1.